The zero-order chi connectivity index (χ0) is 6.85. The molecule has 0 aromatic heterocycles. The molecule has 1 aliphatic rings. The minimum Gasteiger partial charge on any atom is -0.352 e. The molecule has 1 N–H and O–H groups in total. The van der Waals surface area contributed by atoms with Gasteiger partial charge in [0.1, 0.15) is 0 Å². The van der Waals surface area contributed by atoms with Crippen LogP contribution in [0.5, 0.6) is 0 Å². The fraction of sp³-hybridized carbons (Fsp3) is 0.833. The topological polar surface area (TPSA) is 29.1 Å². The van der Waals surface area contributed by atoms with E-state index < -0.39 is 0 Å². The lowest BCUT2D eigenvalue weighted by atomic mass is 10.2. The lowest BCUT2D eigenvalue weighted by Gasteiger charge is -2.10. The number of amides is 1. The molecule has 2 atom stereocenters. The van der Waals surface area contributed by atoms with E-state index in [0.717, 1.165) is 6.42 Å². The first-order valence-electron chi connectivity index (χ1n) is 3.13. The number of alkyl halides is 1. The summed E-state index contributed by atoms with van der Waals surface area (Å²) < 4.78 is 0. The van der Waals surface area contributed by atoms with Gasteiger partial charge in [-0.05, 0) is 6.42 Å². The van der Waals surface area contributed by atoms with Gasteiger partial charge in [0, 0.05) is 17.3 Å². The fourth-order valence-electron chi connectivity index (χ4n) is 0.982. The second-order valence-corrected chi connectivity index (χ2v) is 3.83. The summed E-state index contributed by atoms with van der Waals surface area (Å²) >= 11 is 3.41. The van der Waals surface area contributed by atoms with Gasteiger partial charge in [-0.15, -0.1) is 0 Å². The Kier molecular flexibility index (Phi) is 2.11. The number of rotatable bonds is 1. The van der Waals surface area contributed by atoms with Crippen molar-refractivity contribution >= 4 is 21.8 Å². The lowest BCUT2D eigenvalue weighted by molar-refractivity contribution is -0.119. The molecular weight excluding hydrogens is 182 g/mol. The Hall–Kier alpha value is -0.0500. The SMILES string of the molecule is C[C@H](Br)[C@H]1CCC(=O)N1. The average Bonchev–Trinajstić information content (AvgIpc) is 2.14. The minimum atomic E-state index is 0.186. The molecule has 1 amide bonds. The van der Waals surface area contributed by atoms with Crippen LogP contribution >= 0.6 is 15.9 Å². The summed E-state index contributed by atoms with van der Waals surface area (Å²) in [7, 11) is 0. The largest absolute Gasteiger partial charge is 0.352 e. The van der Waals surface area contributed by atoms with Gasteiger partial charge in [-0.1, -0.05) is 22.9 Å². The van der Waals surface area contributed by atoms with Gasteiger partial charge in [0.25, 0.3) is 0 Å². The minimum absolute atomic E-state index is 0.186. The predicted octanol–water partition coefficient (Wildman–Crippen LogP) is 1.05. The molecule has 1 saturated heterocycles. The molecule has 1 aliphatic heterocycles. The Bertz CT molecular complexity index is 124. The first-order chi connectivity index (χ1) is 4.20. The van der Waals surface area contributed by atoms with E-state index in [1.165, 1.54) is 0 Å². The van der Waals surface area contributed by atoms with Crippen LogP contribution in [0, 0.1) is 0 Å². The quantitative estimate of drug-likeness (QED) is 0.618. The number of hydrogen-bond acceptors (Lipinski definition) is 1. The highest BCUT2D eigenvalue weighted by atomic mass is 79.9. The Morgan fingerprint density at radius 1 is 1.89 bits per heavy atom. The maximum Gasteiger partial charge on any atom is 0.220 e. The first kappa shape index (κ1) is 7.06. The molecule has 0 aromatic carbocycles. The molecule has 3 heteroatoms. The summed E-state index contributed by atoms with van der Waals surface area (Å²) in [5.74, 6) is 0.186. The number of nitrogens with one attached hydrogen (secondary N) is 1. The number of hydrogen-bond donors (Lipinski definition) is 1. The standard InChI is InChI=1S/C6H10BrNO/c1-4(7)5-2-3-6(9)8-5/h4-5H,2-3H2,1H3,(H,8,9)/t4-,5+/m0/s1. The van der Waals surface area contributed by atoms with Crippen LogP contribution in [0.3, 0.4) is 0 Å². The van der Waals surface area contributed by atoms with Crippen molar-refractivity contribution in [3.8, 4) is 0 Å². The Balaban J connectivity index is 2.39. The van der Waals surface area contributed by atoms with E-state index >= 15 is 0 Å². The van der Waals surface area contributed by atoms with Gasteiger partial charge >= 0.3 is 0 Å². The van der Waals surface area contributed by atoms with Crippen molar-refractivity contribution < 1.29 is 4.79 Å². The third-order valence-electron chi connectivity index (χ3n) is 1.58. The molecule has 0 radical (unpaired) electrons. The molecular formula is C6H10BrNO. The molecule has 2 nitrogen and oxygen atoms in total. The highest BCUT2D eigenvalue weighted by Crippen LogP contribution is 2.15. The monoisotopic (exact) mass is 191 g/mol. The molecule has 9 heavy (non-hydrogen) atoms. The summed E-state index contributed by atoms with van der Waals surface area (Å²) in [6, 6.07) is 0.359. The molecule has 0 bridgehead atoms. The second-order valence-electron chi connectivity index (χ2n) is 2.39. The van der Waals surface area contributed by atoms with E-state index in [1.807, 2.05) is 0 Å². The van der Waals surface area contributed by atoms with Gasteiger partial charge < -0.3 is 5.32 Å². The average molecular weight is 192 g/mol. The van der Waals surface area contributed by atoms with Crippen LogP contribution in [0.1, 0.15) is 19.8 Å². The van der Waals surface area contributed by atoms with E-state index in [-0.39, 0.29) is 5.91 Å². The molecule has 1 fully saturated rings. The molecule has 52 valence electrons. The Labute approximate surface area is 63.1 Å². The maximum absolute atomic E-state index is 10.6. The highest BCUT2D eigenvalue weighted by molar-refractivity contribution is 9.09. The van der Waals surface area contributed by atoms with E-state index in [4.69, 9.17) is 0 Å². The molecule has 0 saturated carbocycles. The van der Waals surface area contributed by atoms with E-state index in [1.54, 1.807) is 0 Å². The van der Waals surface area contributed by atoms with Crippen molar-refractivity contribution in [3.63, 3.8) is 0 Å². The van der Waals surface area contributed by atoms with Crippen molar-refractivity contribution in [3.05, 3.63) is 0 Å². The van der Waals surface area contributed by atoms with Crippen LogP contribution < -0.4 is 5.32 Å². The number of halogens is 1. The third-order valence-corrected chi connectivity index (χ3v) is 2.22. The smallest absolute Gasteiger partial charge is 0.220 e. The van der Waals surface area contributed by atoms with Gasteiger partial charge in [-0.2, -0.15) is 0 Å². The van der Waals surface area contributed by atoms with Crippen LogP contribution in [0.4, 0.5) is 0 Å². The van der Waals surface area contributed by atoms with Crippen molar-refractivity contribution in [1.29, 1.82) is 0 Å². The van der Waals surface area contributed by atoms with Crippen molar-refractivity contribution in [2.75, 3.05) is 0 Å². The summed E-state index contributed by atoms with van der Waals surface area (Å²) in [4.78, 5) is 11.0. The summed E-state index contributed by atoms with van der Waals surface area (Å²) in [6.45, 7) is 2.05. The van der Waals surface area contributed by atoms with Crippen molar-refractivity contribution in [1.82, 2.24) is 5.32 Å². The maximum atomic E-state index is 10.6. The molecule has 1 heterocycles. The number of carbonyl (C=O) groups excluding carboxylic acids is 1. The van der Waals surface area contributed by atoms with E-state index in [9.17, 15) is 4.79 Å². The van der Waals surface area contributed by atoms with Gasteiger partial charge in [0.15, 0.2) is 0 Å². The van der Waals surface area contributed by atoms with E-state index in [0.29, 0.717) is 17.3 Å². The molecule has 0 aliphatic carbocycles. The van der Waals surface area contributed by atoms with Crippen LogP contribution in [-0.2, 0) is 4.79 Å². The van der Waals surface area contributed by atoms with Gasteiger partial charge in [-0.3, -0.25) is 4.79 Å². The predicted molar refractivity (Wildman–Crippen MR) is 39.6 cm³/mol. The van der Waals surface area contributed by atoms with Crippen molar-refractivity contribution in [2.45, 2.75) is 30.6 Å². The fourth-order valence-corrected chi connectivity index (χ4v) is 1.38. The summed E-state index contributed by atoms with van der Waals surface area (Å²) in [5.41, 5.74) is 0. The van der Waals surface area contributed by atoms with Gasteiger partial charge in [0.05, 0.1) is 0 Å². The van der Waals surface area contributed by atoms with Crippen LogP contribution in [0.15, 0.2) is 0 Å². The van der Waals surface area contributed by atoms with Crippen LogP contribution in [0.2, 0.25) is 0 Å². The summed E-state index contributed by atoms with van der Waals surface area (Å²) in [6.07, 6.45) is 1.67. The zero-order valence-corrected chi connectivity index (χ0v) is 6.94. The second kappa shape index (κ2) is 2.69. The van der Waals surface area contributed by atoms with Gasteiger partial charge in [-0.25, -0.2) is 0 Å². The van der Waals surface area contributed by atoms with Crippen LogP contribution in [-0.4, -0.2) is 16.8 Å². The van der Waals surface area contributed by atoms with Gasteiger partial charge in [0.2, 0.25) is 5.91 Å². The molecule has 0 spiro atoms. The summed E-state index contributed by atoms with van der Waals surface area (Å²) in [5, 5.41) is 2.87. The highest BCUT2D eigenvalue weighted by Gasteiger charge is 2.23. The third kappa shape index (κ3) is 1.68. The zero-order valence-electron chi connectivity index (χ0n) is 5.36. The van der Waals surface area contributed by atoms with Crippen molar-refractivity contribution in [2.24, 2.45) is 0 Å². The Morgan fingerprint density at radius 3 is 2.78 bits per heavy atom. The van der Waals surface area contributed by atoms with E-state index in [2.05, 4.69) is 28.2 Å². The molecule has 1 rings (SSSR count). The lowest BCUT2D eigenvalue weighted by Crippen LogP contribution is -2.31. The number of carbonyl (C=O) groups is 1. The van der Waals surface area contributed by atoms with Crippen LogP contribution in [0.25, 0.3) is 0 Å². The normalized spacial score (nSPS) is 30.0. The first-order valence-corrected chi connectivity index (χ1v) is 4.05. The Morgan fingerprint density at radius 2 is 2.56 bits per heavy atom. The molecule has 0 aromatic rings. The molecule has 0 unspecified atom stereocenters.